The Balaban J connectivity index is 1.59. The van der Waals surface area contributed by atoms with E-state index in [1.54, 1.807) is 28.1 Å². The molecule has 26 heavy (non-hydrogen) atoms. The molecule has 4 heterocycles. The molecule has 3 aliphatic rings. The lowest BCUT2D eigenvalue weighted by molar-refractivity contribution is 0.0530. The Kier molecular flexibility index (Phi) is 5.51. The van der Waals surface area contributed by atoms with Crippen LogP contribution in [0.1, 0.15) is 32.2 Å². The van der Waals surface area contributed by atoms with Crippen molar-refractivity contribution in [1.82, 2.24) is 4.57 Å². The molecule has 4 rings (SSSR count). The van der Waals surface area contributed by atoms with Gasteiger partial charge in [0, 0.05) is 32.7 Å². The van der Waals surface area contributed by atoms with Gasteiger partial charge in [0.25, 0.3) is 0 Å². The maximum Gasteiger partial charge on any atom is 0.419 e. The van der Waals surface area contributed by atoms with Crippen molar-refractivity contribution in [3.63, 3.8) is 0 Å². The van der Waals surface area contributed by atoms with Crippen molar-refractivity contribution in [1.29, 1.82) is 0 Å². The fraction of sp³-hybridized carbons (Fsp3) is 0.471. The van der Waals surface area contributed by atoms with Crippen molar-refractivity contribution in [2.75, 3.05) is 11.5 Å². The van der Waals surface area contributed by atoms with Gasteiger partial charge in [0.05, 0.1) is 16.9 Å². The summed E-state index contributed by atoms with van der Waals surface area (Å²) in [5.41, 5.74) is 1.47. The van der Waals surface area contributed by atoms with Gasteiger partial charge >= 0.3 is 6.09 Å². The highest BCUT2D eigenvalue weighted by Gasteiger charge is 2.35. The number of aromatic nitrogens is 1. The third-order valence-electron chi connectivity index (χ3n) is 3.75. The van der Waals surface area contributed by atoms with Crippen LogP contribution >= 0.6 is 70.6 Å². The van der Waals surface area contributed by atoms with E-state index < -0.39 is 5.60 Å². The predicted octanol–water partition coefficient (Wildman–Crippen LogP) is 7.30. The van der Waals surface area contributed by atoms with E-state index in [1.165, 1.54) is 38.2 Å². The quantitative estimate of drug-likeness (QED) is 0.398. The van der Waals surface area contributed by atoms with Crippen molar-refractivity contribution in [3.05, 3.63) is 28.3 Å². The first-order valence-electron chi connectivity index (χ1n) is 8.15. The van der Waals surface area contributed by atoms with E-state index in [4.69, 9.17) is 4.74 Å². The molecule has 0 N–H and O–H groups in total. The Morgan fingerprint density at radius 1 is 0.846 bits per heavy atom. The molecule has 0 amide bonds. The van der Waals surface area contributed by atoms with Gasteiger partial charge in [0.1, 0.15) is 5.60 Å². The van der Waals surface area contributed by atoms with Crippen molar-refractivity contribution in [2.24, 2.45) is 0 Å². The lowest BCUT2D eigenvalue weighted by atomic mass is 10.2. The number of hydrogen-bond acceptors (Lipinski definition) is 8. The van der Waals surface area contributed by atoms with Crippen LogP contribution in [0.5, 0.6) is 0 Å². The number of rotatable bonds is 0. The second-order valence-electron chi connectivity index (χ2n) is 6.90. The van der Waals surface area contributed by atoms with E-state index in [0.29, 0.717) is 0 Å². The minimum absolute atomic E-state index is 0.285. The van der Waals surface area contributed by atoms with Crippen molar-refractivity contribution < 1.29 is 9.53 Å². The van der Waals surface area contributed by atoms with Gasteiger partial charge in [-0.15, -0.1) is 23.5 Å². The molecule has 3 aliphatic heterocycles. The molecule has 9 heteroatoms. The molecule has 0 saturated heterocycles. The minimum Gasteiger partial charge on any atom is -0.443 e. The summed E-state index contributed by atoms with van der Waals surface area (Å²) in [6.45, 7) is 9.73. The van der Waals surface area contributed by atoms with Gasteiger partial charge < -0.3 is 4.74 Å². The standard InChI is InChI=1S/C17H19NO2S6/c1-8-10-11(9(2)18(8)16(19)20-17(3,4)5)24-14(23-10)15-25-12-13(26-15)22-7-6-21-12/h6-7H2,1-5H3. The van der Waals surface area contributed by atoms with Crippen molar-refractivity contribution in [2.45, 2.75) is 50.0 Å². The van der Waals surface area contributed by atoms with Gasteiger partial charge in [-0.1, -0.05) is 47.0 Å². The highest BCUT2D eigenvalue weighted by molar-refractivity contribution is 8.42. The van der Waals surface area contributed by atoms with Gasteiger partial charge in [0.15, 0.2) is 0 Å². The van der Waals surface area contributed by atoms with Gasteiger partial charge in [-0.3, -0.25) is 4.57 Å². The van der Waals surface area contributed by atoms with Crippen LogP contribution in [0.2, 0.25) is 0 Å². The molecule has 0 aliphatic carbocycles. The largest absolute Gasteiger partial charge is 0.443 e. The minimum atomic E-state index is -0.491. The molecule has 0 aromatic carbocycles. The molecule has 0 fully saturated rings. The highest BCUT2D eigenvalue weighted by Crippen LogP contribution is 2.66. The monoisotopic (exact) mass is 461 g/mol. The maximum absolute atomic E-state index is 12.6. The SMILES string of the molecule is Cc1c2c(c(C)n1C(=O)OC(C)(C)C)SC(=C1SC3=C(SCCS3)S1)S2. The van der Waals surface area contributed by atoms with E-state index in [0.717, 1.165) is 11.4 Å². The molecule has 1 aromatic rings. The van der Waals surface area contributed by atoms with E-state index in [1.807, 2.05) is 81.7 Å². The van der Waals surface area contributed by atoms with Gasteiger partial charge in [-0.2, -0.15) is 0 Å². The summed E-state index contributed by atoms with van der Waals surface area (Å²) in [6, 6.07) is 0. The highest BCUT2D eigenvalue weighted by atomic mass is 32.3. The molecule has 0 unspecified atom stereocenters. The van der Waals surface area contributed by atoms with Crippen LogP contribution in [-0.4, -0.2) is 27.8 Å². The van der Waals surface area contributed by atoms with Crippen molar-refractivity contribution >= 4 is 76.7 Å². The molecular weight excluding hydrogens is 443 g/mol. The van der Waals surface area contributed by atoms with Crippen LogP contribution in [0.3, 0.4) is 0 Å². The first kappa shape index (κ1) is 19.6. The summed E-state index contributed by atoms with van der Waals surface area (Å²) in [5, 5.41) is 0. The predicted molar refractivity (Wildman–Crippen MR) is 121 cm³/mol. The fourth-order valence-electron chi connectivity index (χ4n) is 2.70. The second-order valence-corrected chi connectivity index (χ2v) is 14.2. The number of nitrogens with zero attached hydrogens (tertiary/aromatic N) is 1. The third kappa shape index (κ3) is 3.64. The van der Waals surface area contributed by atoms with Crippen LogP contribution in [0, 0.1) is 13.8 Å². The van der Waals surface area contributed by atoms with Crippen LogP contribution in [0.15, 0.2) is 26.7 Å². The third-order valence-corrected chi connectivity index (χ3v) is 12.9. The van der Waals surface area contributed by atoms with E-state index in [2.05, 4.69) is 0 Å². The maximum atomic E-state index is 12.6. The second kappa shape index (κ2) is 7.30. The van der Waals surface area contributed by atoms with Crippen LogP contribution in [-0.2, 0) is 4.74 Å². The van der Waals surface area contributed by atoms with Crippen LogP contribution in [0.4, 0.5) is 4.79 Å². The molecule has 0 atom stereocenters. The first-order chi connectivity index (χ1) is 12.2. The van der Waals surface area contributed by atoms with Gasteiger partial charge in [-0.05, 0) is 34.6 Å². The van der Waals surface area contributed by atoms with Gasteiger partial charge in [-0.25, -0.2) is 4.79 Å². The molecule has 0 bridgehead atoms. The molecule has 0 saturated carbocycles. The summed E-state index contributed by atoms with van der Waals surface area (Å²) in [4.78, 5) is 15.0. The zero-order chi connectivity index (χ0) is 18.6. The zero-order valence-corrected chi connectivity index (χ0v) is 20.0. The number of carbonyl (C=O) groups is 1. The van der Waals surface area contributed by atoms with Crippen molar-refractivity contribution in [3.8, 4) is 0 Å². The summed E-state index contributed by atoms with van der Waals surface area (Å²) in [7, 11) is 0. The summed E-state index contributed by atoms with van der Waals surface area (Å²) in [6.07, 6.45) is -0.285. The average Bonchev–Trinajstić information content (AvgIpc) is 3.21. The zero-order valence-electron chi connectivity index (χ0n) is 15.1. The van der Waals surface area contributed by atoms with Crippen LogP contribution in [0.25, 0.3) is 0 Å². The van der Waals surface area contributed by atoms with E-state index in [-0.39, 0.29) is 6.09 Å². The number of fused-ring (bicyclic) bond motifs is 1. The fourth-order valence-corrected chi connectivity index (χ4v) is 11.7. The Morgan fingerprint density at radius 2 is 1.31 bits per heavy atom. The summed E-state index contributed by atoms with van der Waals surface area (Å²) < 4.78 is 13.0. The number of carbonyl (C=O) groups excluding carboxylic acids is 1. The lowest BCUT2D eigenvalue weighted by Crippen LogP contribution is -2.28. The Bertz CT molecular complexity index is 810. The number of ether oxygens (including phenoxy) is 1. The number of hydrogen-bond donors (Lipinski definition) is 0. The molecule has 140 valence electrons. The van der Waals surface area contributed by atoms with Crippen LogP contribution < -0.4 is 0 Å². The summed E-state index contributed by atoms with van der Waals surface area (Å²) >= 11 is 11.4. The summed E-state index contributed by atoms with van der Waals surface area (Å²) in [5.74, 6) is 2.42. The Morgan fingerprint density at radius 3 is 1.77 bits per heavy atom. The normalized spacial score (nSPS) is 19.9. The Labute approximate surface area is 179 Å². The molecule has 0 spiro atoms. The van der Waals surface area contributed by atoms with E-state index in [9.17, 15) is 4.79 Å². The molecule has 1 aromatic heterocycles. The topological polar surface area (TPSA) is 31.2 Å². The smallest absolute Gasteiger partial charge is 0.419 e. The molecule has 3 nitrogen and oxygen atoms in total. The first-order valence-corrected chi connectivity index (χ1v) is 13.4. The average molecular weight is 462 g/mol. The lowest BCUT2D eigenvalue weighted by Gasteiger charge is -2.21. The number of thioether (sulfide) groups is 6. The van der Waals surface area contributed by atoms with Gasteiger partial charge in [0.2, 0.25) is 0 Å². The molecule has 0 radical (unpaired) electrons. The van der Waals surface area contributed by atoms with E-state index >= 15 is 0 Å². The Hall–Kier alpha value is 0.330. The molecular formula is C17H19NO2S6.